The molecule has 0 aromatic carbocycles. The number of hydrogen-bond acceptors (Lipinski definition) is 1. The maximum Gasteiger partial charge on any atom is 0.0273 e. The number of hydrogen-bond donors (Lipinski definition) is 0. The molecule has 0 atom stereocenters. The molecule has 0 N–H and O–H groups in total. The van der Waals surface area contributed by atoms with E-state index in [1.165, 1.54) is 10.5 Å². The van der Waals surface area contributed by atoms with Crippen LogP contribution in [0.5, 0.6) is 0 Å². The fourth-order valence-corrected chi connectivity index (χ4v) is 2.34. The zero-order chi connectivity index (χ0) is 11.6. The van der Waals surface area contributed by atoms with Crippen molar-refractivity contribution in [2.24, 2.45) is 0 Å². The van der Waals surface area contributed by atoms with Gasteiger partial charge < -0.3 is 0 Å². The zero-order valence-corrected chi connectivity index (χ0v) is 10.6. The topological polar surface area (TPSA) is 0 Å². The van der Waals surface area contributed by atoms with Gasteiger partial charge in [0.15, 0.2) is 0 Å². The molecule has 0 spiro atoms. The third kappa shape index (κ3) is 4.59. The van der Waals surface area contributed by atoms with Crippen molar-refractivity contribution in [3.63, 3.8) is 0 Å². The van der Waals surface area contributed by atoms with Crippen LogP contribution in [0.4, 0.5) is 0 Å². The molecule has 0 saturated heterocycles. The van der Waals surface area contributed by atoms with Crippen LogP contribution in [0.1, 0.15) is 32.6 Å². The van der Waals surface area contributed by atoms with Gasteiger partial charge in [-0.05, 0) is 37.2 Å². The highest BCUT2D eigenvalue weighted by molar-refractivity contribution is 8.06. The molecule has 0 aromatic heterocycles. The van der Waals surface area contributed by atoms with E-state index in [4.69, 9.17) is 6.42 Å². The number of allylic oxidation sites excluding steroid dienone is 6. The van der Waals surface area contributed by atoms with Gasteiger partial charge in [0.1, 0.15) is 0 Å². The number of rotatable bonds is 1. The first-order valence-corrected chi connectivity index (χ1v) is 6.52. The van der Waals surface area contributed by atoms with E-state index in [9.17, 15) is 0 Å². The van der Waals surface area contributed by atoms with Gasteiger partial charge in [0.05, 0.1) is 0 Å². The minimum atomic E-state index is 0.713. The molecule has 0 fully saturated rings. The average molecular weight is 230 g/mol. The molecule has 84 valence electrons. The van der Waals surface area contributed by atoms with Gasteiger partial charge in [-0.3, -0.25) is 0 Å². The third-order valence-electron chi connectivity index (χ3n) is 2.34. The maximum absolute atomic E-state index is 5.31. The lowest BCUT2D eigenvalue weighted by Gasteiger charge is -2.08. The summed E-state index contributed by atoms with van der Waals surface area (Å²) in [4.78, 5) is 1.32. The highest BCUT2D eigenvalue weighted by Gasteiger charge is 2.02. The highest BCUT2D eigenvalue weighted by Crippen LogP contribution is 2.29. The molecule has 16 heavy (non-hydrogen) atoms. The summed E-state index contributed by atoms with van der Waals surface area (Å²) in [6.45, 7) is 2.08. The summed E-state index contributed by atoms with van der Waals surface area (Å²) in [6.07, 6.45) is 20.3. The van der Waals surface area contributed by atoms with E-state index >= 15 is 0 Å². The quantitative estimate of drug-likeness (QED) is 0.459. The molecule has 0 saturated carbocycles. The van der Waals surface area contributed by atoms with Crippen molar-refractivity contribution in [3.8, 4) is 12.3 Å². The van der Waals surface area contributed by atoms with Crippen LogP contribution in [0.2, 0.25) is 0 Å². The van der Waals surface area contributed by atoms with E-state index in [1.807, 2.05) is 0 Å². The van der Waals surface area contributed by atoms with Crippen LogP contribution in [0.15, 0.2) is 46.3 Å². The molecule has 1 heterocycles. The minimum Gasteiger partial charge on any atom is -0.120 e. The molecule has 1 aliphatic rings. The molecule has 1 heteroatoms. The Kier molecular flexibility index (Phi) is 6.53. The summed E-state index contributed by atoms with van der Waals surface area (Å²) in [7, 11) is 0. The first-order chi connectivity index (χ1) is 7.88. The molecule has 0 aliphatic carbocycles. The van der Waals surface area contributed by atoms with E-state index in [2.05, 4.69) is 48.6 Å². The van der Waals surface area contributed by atoms with Crippen molar-refractivity contribution in [2.45, 2.75) is 32.6 Å². The Balaban J connectivity index is 2.85. The summed E-state index contributed by atoms with van der Waals surface area (Å²) in [5.41, 5.74) is 1.34. The van der Waals surface area contributed by atoms with Crippen molar-refractivity contribution in [3.05, 3.63) is 46.3 Å². The van der Waals surface area contributed by atoms with Gasteiger partial charge in [-0.15, -0.1) is 12.3 Å². The summed E-state index contributed by atoms with van der Waals surface area (Å²) in [6, 6.07) is 0. The van der Waals surface area contributed by atoms with E-state index in [-0.39, 0.29) is 0 Å². The lowest BCUT2D eigenvalue weighted by Crippen LogP contribution is -1.85. The van der Waals surface area contributed by atoms with Crippen LogP contribution in [-0.2, 0) is 0 Å². The molecular formula is C15H18S. The number of thioether (sulfide) groups is 1. The van der Waals surface area contributed by atoms with Crippen LogP contribution >= 0.6 is 11.8 Å². The SMILES string of the molecule is C#CC/C=C1/C/C=C/CC/C=C/S/C1=C/C. The largest absolute Gasteiger partial charge is 0.120 e. The molecule has 0 nitrogen and oxygen atoms in total. The third-order valence-corrected chi connectivity index (χ3v) is 3.42. The fraction of sp³-hybridized carbons (Fsp3) is 0.333. The minimum absolute atomic E-state index is 0.713. The second kappa shape index (κ2) is 8.07. The standard InChI is InChI=1S/C15H18S/c1-3-5-11-14-12-9-7-6-8-10-13-16-15(14)4-2/h1,4,7,9-11,13H,5-6,8,12H2,2H3/b9-7+,13-10+,14-11-,15-4+. The Bertz CT molecular complexity index is 361. The van der Waals surface area contributed by atoms with Crippen molar-refractivity contribution < 1.29 is 0 Å². The van der Waals surface area contributed by atoms with E-state index in [0.29, 0.717) is 6.42 Å². The van der Waals surface area contributed by atoms with Crippen molar-refractivity contribution >= 4 is 11.8 Å². The first kappa shape index (κ1) is 12.9. The molecule has 1 rings (SSSR count). The average Bonchev–Trinajstić information content (AvgIpc) is 2.33. The maximum atomic E-state index is 5.31. The summed E-state index contributed by atoms with van der Waals surface area (Å²) >= 11 is 1.79. The van der Waals surface area contributed by atoms with Gasteiger partial charge in [0.2, 0.25) is 0 Å². The molecule has 0 unspecified atom stereocenters. The summed E-state index contributed by atoms with van der Waals surface area (Å²) in [5, 5.41) is 2.18. The van der Waals surface area contributed by atoms with Crippen LogP contribution in [0.25, 0.3) is 0 Å². The highest BCUT2D eigenvalue weighted by atomic mass is 32.2. The van der Waals surface area contributed by atoms with Crippen molar-refractivity contribution in [1.29, 1.82) is 0 Å². The van der Waals surface area contributed by atoms with Gasteiger partial charge in [-0.25, -0.2) is 0 Å². The summed E-state index contributed by atoms with van der Waals surface area (Å²) < 4.78 is 0. The Morgan fingerprint density at radius 3 is 2.94 bits per heavy atom. The first-order valence-electron chi connectivity index (χ1n) is 5.64. The molecule has 0 bridgehead atoms. The summed E-state index contributed by atoms with van der Waals surface area (Å²) in [5.74, 6) is 2.67. The van der Waals surface area contributed by atoms with E-state index in [0.717, 1.165) is 19.3 Å². The number of terminal acetylenes is 1. The van der Waals surface area contributed by atoms with Crippen LogP contribution in [0.3, 0.4) is 0 Å². The van der Waals surface area contributed by atoms with Gasteiger partial charge in [-0.2, -0.15) is 0 Å². The van der Waals surface area contributed by atoms with Crippen LogP contribution < -0.4 is 0 Å². The molecule has 1 aliphatic heterocycles. The Hall–Kier alpha value is -1.13. The van der Waals surface area contributed by atoms with E-state index < -0.39 is 0 Å². The predicted molar refractivity (Wildman–Crippen MR) is 75.0 cm³/mol. The fourth-order valence-electron chi connectivity index (χ4n) is 1.51. The normalized spacial score (nSPS) is 26.2. The zero-order valence-electron chi connectivity index (χ0n) is 9.78. The second-order valence-corrected chi connectivity index (χ2v) is 4.48. The lowest BCUT2D eigenvalue weighted by atomic mass is 10.1. The second-order valence-electron chi connectivity index (χ2n) is 3.53. The molecular weight excluding hydrogens is 212 g/mol. The Morgan fingerprint density at radius 2 is 2.19 bits per heavy atom. The van der Waals surface area contributed by atoms with Gasteiger partial charge in [0.25, 0.3) is 0 Å². The monoisotopic (exact) mass is 230 g/mol. The van der Waals surface area contributed by atoms with Gasteiger partial charge in [-0.1, -0.05) is 42.1 Å². The molecule has 0 amide bonds. The van der Waals surface area contributed by atoms with Crippen LogP contribution in [0, 0.1) is 12.3 Å². The molecule has 0 aromatic rings. The Morgan fingerprint density at radius 1 is 1.38 bits per heavy atom. The van der Waals surface area contributed by atoms with Crippen molar-refractivity contribution in [1.82, 2.24) is 0 Å². The van der Waals surface area contributed by atoms with Crippen molar-refractivity contribution in [2.75, 3.05) is 0 Å². The predicted octanol–water partition coefficient (Wildman–Crippen LogP) is 4.83. The lowest BCUT2D eigenvalue weighted by molar-refractivity contribution is 1.04. The molecule has 0 radical (unpaired) electrons. The van der Waals surface area contributed by atoms with Gasteiger partial charge >= 0.3 is 0 Å². The van der Waals surface area contributed by atoms with E-state index in [1.54, 1.807) is 11.8 Å². The Labute approximate surface area is 103 Å². The van der Waals surface area contributed by atoms with Crippen LogP contribution in [-0.4, -0.2) is 0 Å². The smallest absolute Gasteiger partial charge is 0.0273 e. The van der Waals surface area contributed by atoms with Gasteiger partial charge in [0, 0.05) is 11.3 Å².